The molecule has 6 aromatic rings. The van der Waals surface area contributed by atoms with Gasteiger partial charge in [-0.1, -0.05) is 82.3 Å². The second-order valence-corrected chi connectivity index (χ2v) is 13.8. The Morgan fingerprint density at radius 3 is 2.30 bits per heavy atom. The highest BCUT2D eigenvalue weighted by Crippen LogP contribution is 2.32. The number of methoxy groups -OCH3 is 1. The second kappa shape index (κ2) is 25.4. The smallest absolute Gasteiger partial charge is 0.411 e. The van der Waals surface area contributed by atoms with Crippen LogP contribution in [0.1, 0.15) is 64.2 Å². The molecule has 0 aliphatic carbocycles. The first-order valence-electron chi connectivity index (χ1n) is 21.3. The van der Waals surface area contributed by atoms with Crippen LogP contribution in [0.5, 0.6) is 11.5 Å². The summed E-state index contributed by atoms with van der Waals surface area (Å²) in [6.45, 7) is 10.4. The van der Waals surface area contributed by atoms with Crippen molar-refractivity contribution in [1.82, 2.24) is 25.0 Å². The van der Waals surface area contributed by atoms with E-state index in [0.717, 1.165) is 23.8 Å². The molecule has 1 aliphatic heterocycles. The fourth-order valence-electron chi connectivity index (χ4n) is 7.12. The van der Waals surface area contributed by atoms with Gasteiger partial charge in [0.05, 0.1) is 35.8 Å². The third-order valence-corrected chi connectivity index (χ3v) is 10.1. The number of aromatic hydroxyl groups is 1. The molecule has 15 heteroatoms. The zero-order valence-electron chi connectivity index (χ0n) is 36.9. The van der Waals surface area contributed by atoms with Crippen molar-refractivity contribution in [2.45, 2.75) is 65.7 Å². The van der Waals surface area contributed by atoms with Gasteiger partial charge in [0.15, 0.2) is 0 Å². The average molecular weight is 864 g/mol. The van der Waals surface area contributed by atoms with Gasteiger partial charge in [-0.25, -0.2) is 9.48 Å². The summed E-state index contributed by atoms with van der Waals surface area (Å²) >= 11 is 0. The number of hydrogen-bond donors (Lipinski definition) is 7. The number of piperidine rings is 1. The zero-order chi connectivity index (χ0) is 45.7. The van der Waals surface area contributed by atoms with Gasteiger partial charge in [0, 0.05) is 87.3 Å². The molecule has 0 spiro atoms. The summed E-state index contributed by atoms with van der Waals surface area (Å²) in [4.78, 5) is 42.8. The van der Waals surface area contributed by atoms with Crippen LogP contribution < -0.4 is 26.2 Å². The number of hydrogen-bond acceptors (Lipinski definition) is 11. The van der Waals surface area contributed by atoms with Crippen LogP contribution in [0.3, 0.4) is 0 Å². The number of phenolic OH excluding ortho intramolecular Hbond substituents is 1. The van der Waals surface area contributed by atoms with Gasteiger partial charge in [0.1, 0.15) is 17.6 Å². The summed E-state index contributed by atoms with van der Waals surface area (Å²) in [7, 11) is 2.55. The van der Waals surface area contributed by atoms with E-state index in [1.165, 1.54) is 12.1 Å². The van der Waals surface area contributed by atoms with Crippen molar-refractivity contribution in [1.29, 1.82) is 0 Å². The summed E-state index contributed by atoms with van der Waals surface area (Å²) in [5.74, 6) is 0.285. The van der Waals surface area contributed by atoms with Crippen molar-refractivity contribution in [2.24, 2.45) is 0 Å². The molecule has 1 saturated heterocycles. The minimum absolute atomic E-state index is 0.0786. The third-order valence-electron chi connectivity index (χ3n) is 10.1. The van der Waals surface area contributed by atoms with E-state index in [-0.39, 0.29) is 41.8 Å². The van der Waals surface area contributed by atoms with Crippen LogP contribution >= 0.6 is 0 Å². The number of carbonyl (C=O) groups excluding carboxylic acids is 2. The van der Waals surface area contributed by atoms with Gasteiger partial charge >= 0.3 is 6.09 Å². The molecule has 336 valence electrons. The summed E-state index contributed by atoms with van der Waals surface area (Å²) in [5.41, 5.74) is 5.01. The molecule has 1 atom stereocenters. The van der Waals surface area contributed by atoms with Gasteiger partial charge in [-0.3, -0.25) is 14.9 Å². The number of aromatic nitrogens is 3. The average Bonchev–Trinajstić information content (AvgIpc) is 3.87. The highest BCUT2D eigenvalue weighted by Gasteiger charge is 2.24. The molecule has 1 aliphatic rings. The molecule has 7 N–H and O–H groups in total. The van der Waals surface area contributed by atoms with Crippen molar-refractivity contribution in [3.8, 4) is 28.3 Å². The van der Waals surface area contributed by atoms with E-state index in [1.807, 2.05) is 88.4 Å². The Morgan fingerprint density at radius 2 is 1.60 bits per heavy atom. The fourth-order valence-corrected chi connectivity index (χ4v) is 7.12. The lowest BCUT2D eigenvalue weighted by atomic mass is 10.0. The van der Waals surface area contributed by atoms with E-state index >= 15 is 0 Å². The second-order valence-electron chi connectivity index (χ2n) is 13.8. The van der Waals surface area contributed by atoms with Crippen LogP contribution in [-0.2, 0) is 16.1 Å². The standard InChI is InChI=1S/C43H45N7O7.2C2H6.CH4O/c1-56-39-25-35(36(50-20-7-19-45-50)24-29(39)26-44-27-38(52)32-12-14-37(51)42-33(32)13-15-40(53)48-42)46-41(54)18-23-49-21-16-30(17-22-49)57-43(55)47-34-11-6-5-10-31(34)28-8-3-2-4-9-28;3*1-2/h2-15,19-20,24-25,30,38,44,51-52H,16-18,21-23,26-27H2,1H3,(H,46,54)(H,47,55)(H,48,53);2*1-2H3;2H,1H3. The van der Waals surface area contributed by atoms with E-state index in [1.54, 1.807) is 48.5 Å². The van der Waals surface area contributed by atoms with Gasteiger partial charge in [0.2, 0.25) is 11.5 Å². The summed E-state index contributed by atoms with van der Waals surface area (Å²) in [6.07, 6.45) is 3.36. The summed E-state index contributed by atoms with van der Waals surface area (Å²) in [5, 5.41) is 42.5. The third kappa shape index (κ3) is 13.5. The van der Waals surface area contributed by atoms with E-state index in [2.05, 4.69) is 30.9 Å². The number of aliphatic hydroxyl groups excluding tert-OH is 2. The monoisotopic (exact) mass is 863 g/mol. The first-order valence-corrected chi connectivity index (χ1v) is 21.3. The molecular formula is C48H61N7O8. The number of phenols is 1. The first-order chi connectivity index (χ1) is 30.7. The van der Waals surface area contributed by atoms with Gasteiger partial charge in [0.25, 0.3) is 0 Å². The number of carbonyl (C=O) groups is 2. The number of benzene rings is 4. The minimum Gasteiger partial charge on any atom is -0.506 e. The predicted octanol–water partition coefficient (Wildman–Crippen LogP) is 7.62. The van der Waals surface area contributed by atoms with Gasteiger partial charge in [-0.2, -0.15) is 5.10 Å². The number of nitrogens with one attached hydrogen (secondary N) is 4. The number of likely N-dealkylation sites (tertiary alicyclic amines) is 1. The van der Waals surface area contributed by atoms with Crippen molar-refractivity contribution in [3.63, 3.8) is 0 Å². The Hall–Kier alpha value is -6.52. The Kier molecular flexibility index (Phi) is 19.8. The molecule has 0 bridgehead atoms. The Labute approximate surface area is 368 Å². The molecule has 3 heterocycles. The minimum atomic E-state index is -0.944. The first kappa shape index (κ1) is 49.1. The van der Waals surface area contributed by atoms with Crippen LogP contribution in [0.15, 0.2) is 114 Å². The topological polar surface area (TPSA) is 203 Å². The molecule has 0 radical (unpaired) electrons. The van der Waals surface area contributed by atoms with E-state index < -0.39 is 12.2 Å². The van der Waals surface area contributed by atoms with Crippen LogP contribution in [0, 0.1) is 0 Å². The number of aliphatic hydroxyl groups is 2. The van der Waals surface area contributed by atoms with E-state index in [9.17, 15) is 24.6 Å². The summed E-state index contributed by atoms with van der Waals surface area (Å²) in [6, 6.07) is 28.9. The maximum atomic E-state index is 13.3. The number of amides is 2. The highest BCUT2D eigenvalue weighted by molar-refractivity contribution is 5.94. The molecule has 15 nitrogen and oxygen atoms in total. The molecule has 7 rings (SSSR count). The molecular weight excluding hydrogens is 803 g/mol. The number of ether oxygens (including phenoxy) is 2. The molecule has 0 saturated carbocycles. The van der Waals surface area contributed by atoms with Crippen molar-refractivity contribution in [3.05, 3.63) is 131 Å². The number of pyridine rings is 1. The molecule has 1 unspecified atom stereocenters. The molecule has 2 aromatic heterocycles. The van der Waals surface area contributed by atoms with Crippen molar-refractivity contribution >= 4 is 34.3 Å². The number of aromatic amines is 1. The van der Waals surface area contributed by atoms with Crippen LogP contribution in [0.4, 0.5) is 16.2 Å². The Morgan fingerprint density at radius 1 is 0.889 bits per heavy atom. The largest absolute Gasteiger partial charge is 0.506 e. The van der Waals surface area contributed by atoms with Crippen molar-refractivity contribution in [2.75, 3.05) is 51.0 Å². The Bertz CT molecular complexity index is 2380. The lowest BCUT2D eigenvalue weighted by molar-refractivity contribution is -0.116. The lowest BCUT2D eigenvalue weighted by Gasteiger charge is -2.31. The van der Waals surface area contributed by atoms with Crippen LogP contribution in [-0.4, -0.2) is 93.5 Å². The normalized spacial score (nSPS) is 12.9. The number of para-hydroxylation sites is 1. The number of anilines is 2. The maximum Gasteiger partial charge on any atom is 0.411 e. The number of rotatable bonds is 14. The van der Waals surface area contributed by atoms with Crippen LogP contribution in [0.2, 0.25) is 0 Å². The highest BCUT2D eigenvalue weighted by atomic mass is 16.6. The lowest BCUT2D eigenvalue weighted by Crippen LogP contribution is -2.39. The van der Waals surface area contributed by atoms with Crippen molar-refractivity contribution < 1.29 is 34.4 Å². The zero-order valence-corrected chi connectivity index (χ0v) is 36.9. The van der Waals surface area contributed by atoms with Gasteiger partial charge in [-0.15, -0.1) is 0 Å². The molecule has 1 fully saturated rings. The Balaban J connectivity index is 0.00000139. The molecule has 2 amide bonds. The molecule has 4 aromatic carbocycles. The number of H-pyrrole nitrogens is 1. The predicted molar refractivity (Wildman–Crippen MR) is 249 cm³/mol. The SMILES string of the molecule is CC.CC.CO.COc1cc(NC(=O)CCN2CCC(OC(=O)Nc3ccccc3-c3ccccc3)CC2)c(-n2cccn2)cc1CNCC(O)c1ccc(O)c2[nH]c(=O)ccc12. The number of fused-ring (bicyclic) bond motifs is 1. The molecule has 63 heavy (non-hydrogen) atoms. The fraction of sp³-hybridized carbons (Fsp3) is 0.333. The maximum absolute atomic E-state index is 13.3. The van der Waals surface area contributed by atoms with Gasteiger partial charge < -0.3 is 45.3 Å². The quantitative estimate of drug-likeness (QED) is 0.0568. The summed E-state index contributed by atoms with van der Waals surface area (Å²) < 4.78 is 13.2. The van der Waals surface area contributed by atoms with E-state index in [4.69, 9.17) is 14.6 Å². The van der Waals surface area contributed by atoms with E-state index in [0.29, 0.717) is 72.8 Å². The number of nitrogens with zero attached hydrogens (tertiary/aromatic N) is 3. The van der Waals surface area contributed by atoms with Crippen LogP contribution in [0.25, 0.3) is 27.7 Å². The van der Waals surface area contributed by atoms with Gasteiger partial charge in [-0.05, 0) is 54.3 Å².